The molecule has 1 aromatic carbocycles. The molecule has 1 amide bonds. The Bertz CT molecular complexity index is 674. The second-order valence-electron chi connectivity index (χ2n) is 5.28. The predicted molar refractivity (Wildman–Crippen MR) is 90.3 cm³/mol. The van der Waals surface area contributed by atoms with Gasteiger partial charge < -0.3 is 5.32 Å². The Morgan fingerprint density at radius 1 is 1.22 bits per heavy atom. The van der Waals surface area contributed by atoms with Gasteiger partial charge in [0.2, 0.25) is 15.9 Å². The van der Waals surface area contributed by atoms with Crippen LogP contribution in [0, 0.1) is 0 Å². The third kappa shape index (κ3) is 4.58. The Morgan fingerprint density at radius 2 is 1.87 bits per heavy atom. The van der Waals surface area contributed by atoms with Gasteiger partial charge in [-0.3, -0.25) is 9.69 Å². The van der Waals surface area contributed by atoms with E-state index in [1.165, 1.54) is 17.3 Å². The number of sulfonamides is 1. The standard InChI is InChI=1S/C14H19Cl2N3O3S/c1-11(20)17-5-6-18-7-9-19(10-8-18)23(21,22)13-4-2-3-12(15)14(13)16/h2-4H,5-10H2,1H3,(H,17,20). The van der Waals surface area contributed by atoms with Crippen LogP contribution in [0.1, 0.15) is 6.92 Å². The van der Waals surface area contributed by atoms with E-state index in [1.54, 1.807) is 12.1 Å². The average molecular weight is 380 g/mol. The number of halogens is 2. The van der Waals surface area contributed by atoms with Gasteiger partial charge in [0, 0.05) is 46.2 Å². The van der Waals surface area contributed by atoms with E-state index in [4.69, 9.17) is 23.2 Å². The lowest BCUT2D eigenvalue weighted by atomic mass is 10.3. The molecule has 1 aliphatic heterocycles. The number of amides is 1. The summed E-state index contributed by atoms with van der Waals surface area (Å²) in [5.74, 6) is -0.0678. The van der Waals surface area contributed by atoms with Gasteiger partial charge in [0.25, 0.3) is 0 Å². The minimum absolute atomic E-state index is 0.0402. The summed E-state index contributed by atoms with van der Waals surface area (Å²) in [6.07, 6.45) is 0. The maximum Gasteiger partial charge on any atom is 0.244 e. The first-order valence-corrected chi connectivity index (χ1v) is 9.43. The summed E-state index contributed by atoms with van der Waals surface area (Å²) >= 11 is 11.9. The monoisotopic (exact) mass is 379 g/mol. The van der Waals surface area contributed by atoms with Crippen molar-refractivity contribution in [3.8, 4) is 0 Å². The van der Waals surface area contributed by atoms with Crippen molar-refractivity contribution in [2.24, 2.45) is 0 Å². The van der Waals surface area contributed by atoms with Crippen LogP contribution in [0.5, 0.6) is 0 Å². The molecule has 0 aliphatic carbocycles. The molecule has 1 N–H and O–H groups in total. The molecule has 0 bridgehead atoms. The molecule has 0 radical (unpaired) electrons. The van der Waals surface area contributed by atoms with Gasteiger partial charge >= 0.3 is 0 Å². The Kier molecular flexibility index (Phi) is 6.27. The quantitative estimate of drug-likeness (QED) is 0.839. The van der Waals surface area contributed by atoms with Gasteiger partial charge in [-0.2, -0.15) is 4.31 Å². The second kappa shape index (κ2) is 7.81. The highest BCUT2D eigenvalue weighted by atomic mass is 35.5. The summed E-state index contributed by atoms with van der Waals surface area (Å²) in [6, 6.07) is 4.60. The van der Waals surface area contributed by atoms with Gasteiger partial charge in [-0.15, -0.1) is 0 Å². The molecule has 0 aromatic heterocycles. The SMILES string of the molecule is CC(=O)NCCN1CCN(S(=O)(=O)c2cccc(Cl)c2Cl)CC1. The number of hydrogen-bond donors (Lipinski definition) is 1. The van der Waals surface area contributed by atoms with Gasteiger partial charge in [0.1, 0.15) is 4.90 Å². The molecule has 128 valence electrons. The number of benzene rings is 1. The van der Waals surface area contributed by atoms with E-state index in [9.17, 15) is 13.2 Å². The molecule has 9 heteroatoms. The van der Waals surface area contributed by atoms with Crippen LogP contribution in [0.3, 0.4) is 0 Å². The summed E-state index contributed by atoms with van der Waals surface area (Å²) in [7, 11) is -3.65. The van der Waals surface area contributed by atoms with Crippen molar-refractivity contribution in [1.82, 2.24) is 14.5 Å². The van der Waals surface area contributed by atoms with Crippen LogP contribution >= 0.6 is 23.2 Å². The summed E-state index contributed by atoms with van der Waals surface area (Å²) < 4.78 is 26.8. The molecule has 0 spiro atoms. The topological polar surface area (TPSA) is 69.7 Å². The molecular weight excluding hydrogens is 361 g/mol. The first kappa shape index (κ1) is 18.5. The van der Waals surface area contributed by atoms with Crippen molar-refractivity contribution in [1.29, 1.82) is 0 Å². The molecule has 1 saturated heterocycles. The van der Waals surface area contributed by atoms with Crippen LogP contribution in [0.4, 0.5) is 0 Å². The molecule has 1 aromatic rings. The van der Waals surface area contributed by atoms with Gasteiger partial charge in [-0.25, -0.2) is 8.42 Å². The van der Waals surface area contributed by atoms with Crippen LogP contribution in [0.15, 0.2) is 23.1 Å². The number of carbonyl (C=O) groups is 1. The smallest absolute Gasteiger partial charge is 0.244 e. The third-order valence-electron chi connectivity index (χ3n) is 3.67. The third-order valence-corrected chi connectivity index (χ3v) is 6.54. The van der Waals surface area contributed by atoms with Crippen LogP contribution in [-0.4, -0.2) is 62.8 Å². The Morgan fingerprint density at radius 3 is 2.48 bits per heavy atom. The van der Waals surface area contributed by atoms with Crippen molar-refractivity contribution in [3.63, 3.8) is 0 Å². The molecule has 0 saturated carbocycles. The van der Waals surface area contributed by atoms with E-state index in [-0.39, 0.29) is 20.8 Å². The van der Waals surface area contributed by atoms with Gasteiger partial charge in [0.15, 0.2) is 0 Å². The Balaban J connectivity index is 1.99. The maximum absolute atomic E-state index is 12.7. The molecule has 1 heterocycles. The molecule has 2 rings (SSSR count). The van der Waals surface area contributed by atoms with Crippen molar-refractivity contribution in [2.75, 3.05) is 39.3 Å². The van der Waals surface area contributed by atoms with E-state index in [0.717, 1.165) is 0 Å². The van der Waals surface area contributed by atoms with Crippen LogP contribution in [0.2, 0.25) is 10.0 Å². The minimum Gasteiger partial charge on any atom is -0.355 e. The first-order chi connectivity index (χ1) is 10.8. The number of hydrogen-bond acceptors (Lipinski definition) is 4. The number of nitrogens with one attached hydrogen (secondary N) is 1. The largest absolute Gasteiger partial charge is 0.355 e. The summed E-state index contributed by atoms with van der Waals surface area (Å²) in [6.45, 7) is 4.71. The molecule has 0 unspecified atom stereocenters. The highest BCUT2D eigenvalue weighted by Crippen LogP contribution is 2.31. The van der Waals surface area contributed by atoms with Crippen molar-refractivity contribution in [3.05, 3.63) is 28.2 Å². The van der Waals surface area contributed by atoms with E-state index < -0.39 is 10.0 Å². The number of carbonyl (C=O) groups excluding carboxylic acids is 1. The van der Waals surface area contributed by atoms with Crippen molar-refractivity contribution in [2.45, 2.75) is 11.8 Å². The molecule has 23 heavy (non-hydrogen) atoms. The minimum atomic E-state index is -3.65. The molecule has 6 nitrogen and oxygen atoms in total. The first-order valence-electron chi connectivity index (χ1n) is 7.23. The van der Waals surface area contributed by atoms with E-state index >= 15 is 0 Å². The highest BCUT2D eigenvalue weighted by molar-refractivity contribution is 7.89. The number of rotatable bonds is 5. The van der Waals surface area contributed by atoms with Crippen LogP contribution < -0.4 is 5.32 Å². The zero-order chi connectivity index (χ0) is 17.0. The van der Waals surface area contributed by atoms with Crippen LogP contribution in [0.25, 0.3) is 0 Å². The maximum atomic E-state index is 12.7. The van der Waals surface area contributed by atoms with Crippen LogP contribution in [-0.2, 0) is 14.8 Å². The fourth-order valence-corrected chi connectivity index (χ4v) is 4.56. The van der Waals surface area contributed by atoms with Gasteiger partial charge in [-0.1, -0.05) is 29.3 Å². The summed E-state index contributed by atoms with van der Waals surface area (Å²) in [5.41, 5.74) is 0. The van der Waals surface area contributed by atoms with Gasteiger partial charge in [-0.05, 0) is 12.1 Å². The summed E-state index contributed by atoms with van der Waals surface area (Å²) in [5, 5.41) is 3.01. The predicted octanol–water partition coefficient (Wildman–Crippen LogP) is 1.44. The lowest BCUT2D eigenvalue weighted by Gasteiger charge is -2.34. The lowest BCUT2D eigenvalue weighted by molar-refractivity contribution is -0.119. The van der Waals surface area contributed by atoms with Gasteiger partial charge in [0.05, 0.1) is 10.0 Å². The Labute approximate surface area is 146 Å². The molecule has 0 atom stereocenters. The van der Waals surface area contributed by atoms with E-state index in [1.807, 2.05) is 0 Å². The molecular formula is C14H19Cl2N3O3S. The molecule has 1 fully saturated rings. The zero-order valence-corrected chi connectivity index (χ0v) is 15.1. The average Bonchev–Trinajstić information content (AvgIpc) is 2.50. The fourth-order valence-electron chi connectivity index (χ4n) is 2.41. The molecule has 1 aliphatic rings. The second-order valence-corrected chi connectivity index (χ2v) is 7.97. The fraction of sp³-hybridized carbons (Fsp3) is 0.500. The summed E-state index contributed by atoms with van der Waals surface area (Å²) in [4.78, 5) is 13.0. The van der Waals surface area contributed by atoms with E-state index in [2.05, 4.69) is 10.2 Å². The highest BCUT2D eigenvalue weighted by Gasteiger charge is 2.30. The van der Waals surface area contributed by atoms with Crippen molar-refractivity contribution >= 4 is 39.1 Å². The van der Waals surface area contributed by atoms with E-state index in [0.29, 0.717) is 39.3 Å². The normalized spacial score (nSPS) is 17.2. The zero-order valence-electron chi connectivity index (χ0n) is 12.8. The lowest BCUT2D eigenvalue weighted by Crippen LogP contribution is -2.50. The number of piperazine rings is 1. The Hall–Kier alpha value is -0.860. The number of nitrogens with zero attached hydrogens (tertiary/aromatic N) is 2. The van der Waals surface area contributed by atoms with Crippen molar-refractivity contribution < 1.29 is 13.2 Å².